The van der Waals surface area contributed by atoms with Crippen LogP contribution in [0.4, 0.5) is 0 Å². The van der Waals surface area contributed by atoms with Crippen LogP contribution in [0.5, 0.6) is 11.5 Å². The molecule has 1 heterocycles. The molecule has 0 aliphatic rings. The molecule has 0 unspecified atom stereocenters. The van der Waals surface area contributed by atoms with Gasteiger partial charge in [-0.2, -0.15) is 0 Å². The summed E-state index contributed by atoms with van der Waals surface area (Å²) in [5.41, 5.74) is 2.40. The number of nitrogens with zero attached hydrogens (tertiary/aromatic N) is 1. The highest BCUT2D eigenvalue weighted by Gasteiger charge is 2.15. The molecule has 23 heavy (non-hydrogen) atoms. The highest BCUT2D eigenvalue weighted by molar-refractivity contribution is 5.88. The summed E-state index contributed by atoms with van der Waals surface area (Å²) < 4.78 is 16.4. The molecule has 0 saturated carbocycles. The molecule has 0 fully saturated rings. The third kappa shape index (κ3) is 4.12. The van der Waals surface area contributed by atoms with Crippen molar-refractivity contribution in [2.75, 3.05) is 13.7 Å². The van der Waals surface area contributed by atoms with Gasteiger partial charge >= 0.3 is 5.97 Å². The van der Waals surface area contributed by atoms with Crippen LogP contribution in [0.1, 0.15) is 37.9 Å². The second kappa shape index (κ2) is 7.81. The first kappa shape index (κ1) is 17.1. The summed E-state index contributed by atoms with van der Waals surface area (Å²) in [6.07, 6.45) is 2.04. The van der Waals surface area contributed by atoms with Crippen LogP contribution in [-0.4, -0.2) is 24.7 Å². The van der Waals surface area contributed by atoms with E-state index in [0.29, 0.717) is 12.3 Å². The fourth-order valence-corrected chi connectivity index (χ4v) is 2.30. The predicted octanol–water partition coefficient (Wildman–Crippen LogP) is 3.79. The number of rotatable bonds is 7. The van der Waals surface area contributed by atoms with Crippen LogP contribution in [0.3, 0.4) is 0 Å². The van der Waals surface area contributed by atoms with E-state index in [0.717, 1.165) is 40.8 Å². The molecule has 0 saturated heterocycles. The third-order valence-electron chi connectivity index (χ3n) is 3.63. The van der Waals surface area contributed by atoms with Crippen LogP contribution in [0.25, 0.3) is 10.9 Å². The molecule has 0 amide bonds. The first-order valence-corrected chi connectivity index (χ1v) is 7.80. The smallest absolute Gasteiger partial charge is 0.303 e. The number of aromatic nitrogens is 1. The first-order valence-electron chi connectivity index (χ1n) is 7.80. The Kier molecular flexibility index (Phi) is 5.79. The van der Waals surface area contributed by atoms with Gasteiger partial charge in [-0.25, -0.2) is 4.98 Å². The zero-order valence-electron chi connectivity index (χ0n) is 14.1. The summed E-state index contributed by atoms with van der Waals surface area (Å²) in [4.78, 5) is 15.7. The highest BCUT2D eigenvalue weighted by Crippen LogP contribution is 2.33. The van der Waals surface area contributed by atoms with Gasteiger partial charge in [0.05, 0.1) is 24.9 Å². The van der Waals surface area contributed by atoms with E-state index in [9.17, 15) is 4.79 Å². The van der Waals surface area contributed by atoms with Gasteiger partial charge in [0.15, 0.2) is 0 Å². The molecule has 2 rings (SSSR count). The van der Waals surface area contributed by atoms with E-state index in [4.69, 9.17) is 14.2 Å². The average Bonchev–Trinajstić information content (AvgIpc) is 2.54. The van der Waals surface area contributed by atoms with E-state index in [1.165, 1.54) is 6.92 Å². The van der Waals surface area contributed by atoms with E-state index in [1.807, 2.05) is 25.1 Å². The van der Waals surface area contributed by atoms with Gasteiger partial charge in [-0.3, -0.25) is 4.79 Å². The lowest BCUT2D eigenvalue weighted by atomic mass is 10.1. The summed E-state index contributed by atoms with van der Waals surface area (Å²) in [7, 11) is 1.63. The van der Waals surface area contributed by atoms with Crippen molar-refractivity contribution >= 4 is 16.9 Å². The van der Waals surface area contributed by atoms with Gasteiger partial charge < -0.3 is 14.2 Å². The molecule has 1 aromatic carbocycles. The standard InChI is InChI=1S/C18H23NO4/c1-5-6-9-22-18-12(2)17(11-23-13(3)20)19-16-8-7-14(21-4)10-15(16)18/h7-8,10H,5-6,9,11H2,1-4H3. The van der Waals surface area contributed by atoms with Crippen LogP contribution in [0.15, 0.2) is 18.2 Å². The van der Waals surface area contributed by atoms with Crippen LogP contribution in [0.2, 0.25) is 0 Å². The third-order valence-corrected chi connectivity index (χ3v) is 3.63. The largest absolute Gasteiger partial charge is 0.497 e. The summed E-state index contributed by atoms with van der Waals surface area (Å²) in [5.74, 6) is 1.21. The number of carbonyl (C=O) groups is 1. The second-order valence-corrected chi connectivity index (χ2v) is 5.38. The Labute approximate surface area is 136 Å². The number of benzene rings is 1. The minimum atomic E-state index is -0.325. The van der Waals surface area contributed by atoms with Crippen molar-refractivity contribution in [3.8, 4) is 11.5 Å². The van der Waals surface area contributed by atoms with Crippen molar-refractivity contribution in [3.63, 3.8) is 0 Å². The van der Waals surface area contributed by atoms with Gasteiger partial charge in [0.2, 0.25) is 0 Å². The number of ether oxygens (including phenoxy) is 3. The molecule has 124 valence electrons. The second-order valence-electron chi connectivity index (χ2n) is 5.38. The maximum atomic E-state index is 11.1. The normalized spacial score (nSPS) is 10.6. The lowest BCUT2D eigenvalue weighted by Crippen LogP contribution is -2.07. The van der Waals surface area contributed by atoms with E-state index in [2.05, 4.69) is 11.9 Å². The Bertz CT molecular complexity index is 697. The van der Waals surface area contributed by atoms with E-state index in [1.54, 1.807) is 7.11 Å². The van der Waals surface area contributed by atoms with Crippen molar-refractivity contribution in [1.29, 1.82) is 0 Å². The number of esters is 1. The summed E-state index contributed by atoms with van der Waals surface area (Å²) in [6, 6.07) is 5.67. The monoisotopic (exact) mass is 317 g/mol. The zero-order chi connectivity index (χ0) is 16.8. The maximum Gasteiger partial charge on any atom is 0.303 e. The van der Waals surface area contributed by atoms with Crippen LogP contribution in [-0.2, 0) is 16.1 Å². The number of methoxy groups -OCH3 is 1. The van der Waals surface area contributed by atoms with Gasteiger partial charge in [0.1, 0.15) is 18.1 Å². The van der Waals surface area contributed by atoms with E-state index in [-0.39, 0.29) is 12.6 Å². The van der Waals surface area contributed by atoms with E-state index >= 15 is 0 Å². The number of pyridine rings is 1. The predicted molar refractivity (Wildman–Crippen MR) is 88.9 cm³/mol. The molecular formula is C18H23NO4. The van der Waals surface area contributed by atoms with Crippen molar-refractivity contribution in [3.05, 3.63) is 29.5 Å². The Balaban J connectivity index is 2.48. The molecule has 0 bridgehead atoms. The minimum Gasteiger partial charge on any atom is -0.497 e. The topological polar surface area (TPSA) is 57.7 Å². The molecular weight excluding hydrogens is 294 g/mol. The zero-order valence-corrected chi connectivity index (χ0v) is 14.1. The molecule has 2 aromatic rings. The summed E-state index contributed by atoms with van der Waals surface area (Å²) in [6.45, 7) is 6.23. The van der Waals surface area contributed by atoms with Crippen LogP contribution >= 0.6 is 0 Å². The lowest BCUT2D eigenvalue weighted by molar-refractivity contribution is -0.142. The Morgan fingerprint density at radius 3 is 2.74 bits per heavy atom. The fourth-order valence-electron chi connectivity index (χ4n) is 2.30. The number of carbonyl (C=O) groups excluding carboxylic acids is 1. The summed E-state index contributed by atoms with van der Waals surface area (Å²) in [5, 5.41) is 0.907. The Hall–Kier alpha value is -2.30. The fraction of sp³-hybridized carbons (Fsp3) is 0.444. The molecule has 0 aliphatic carbocycles. The van der Waals surface area contributed by atoms with Crippen LogP contribution < -0.4 is 9.47 Å². The van der Waals surface area contributed by atoms with Gasteiger partial charge in [-0.15, -0.1) is 0 Å². The van der Waals surface area contributed by atoms with Crippen molar-refractivity contribution in [2.24, 2.45) is 0 Å². The number of unbranched alkanes of at least 4 members (excludes halogenated alkanes) is 1. The number of hydrogen-bond donors (Lipinski definition) is 0. The quantitative estimate of drug-likeness (QED) is 0.574. The molecule has 0 spiro atoms. The van der Waals surface area contributed by atoms with Gasteiger partial charge in [0, 0.05) is 17.9 Å². The molecule has 5 heteroatoms. The average molecular weight is 317 g/mol. The SMILES string of the molecule is CCCCOc1c(C)c(COC(C)=O)nc2ccc(OC)cc12. The van der Waals surface area contributed by atoms with Crippen LogP contribution in [0, 0.1) is 6.92 Å². The molecule has 0 radical (unpaired) electrons. The van der Waals surface area contributed by atoms with E-state index < -0.39 is 0 Å². The van der Waals surface area contributed by atoms with Gasteiger partial charge in [0.25, 0.3) is 0 Å². The van der Waals surface area contributed by atoms with Gasteiger partial charge in [-0.05, 0) is 31.5 Å². The number of fused-ring (bicyclic) bond motifs is 1. The van der Waals surface area contributed by atoms with Gasteiger partial charge in [-0.1, -0.05) is 13.3 Å². The molecule has 0 atom stereocenters. The van der Waals surface area contributed by atoms with Crippen molar-refractivity contribution in [2.45, 2.75) is 40.2 Å². The Morgan fingerprint density at radius 1 is 1.30 bits per heavy atom. The molecule has 0 aliphatic heterocycles. The maximum absolute atomic E-state index is 11.1. The summed E-state index contributed by atoms with van der Waals surface area (Å²) >= 11 is 0. The molecule has 1 aromatic heterocycles. The minimum absolute atomic E-state index is 0.146. The highest BCUT2D eigenvalue weighted by atomic mass is 16.5. The first-order chi connectivity index (χ1) is 11.1. The number of hydrogen-bond acceptors (Lipinski definition) is 5. The van der Waals surface area contributed by atoms with Crippen molar-refractivity contribution in [1.82, 2.24) is 4.98 Å². The Morgan fingerprint density at radius 2 is 2.09 bits per heavy atom. The van der Waals surface area contributed by atoms with Crippen molar-refractivity contribution < 1.29 is 19.0 Å². The molecule has 0 N–H and O–H groups in total. The molecule has 5 nitrogen and oxygen atoms in total. The lowest BCUT2D eigenvalue weighted by Gasteiger charge is -2.16.